The molecule has 1 heterocycles. The SMILES string of the molecule is CN=C(NCC1(c2ccc(F)cc2)CC1)NC1CCN(C(=O)C2CCCCC2)C1. The van der Waals surface area contributed by atoms with E-state index in [4.69, 9.17) is 0 Å². The lowest BCUT2D eigenvalue weighted by Crippen LogP contribution is -2.47. The van der Waals surface area contributed by atoms with Crippen molar-refractivity contribution in [1.82, 2.24) is 15.5 Å². The Morgan fingerprint density at radius 1 is 1.17 bits per heavy atom. The fourth-order valence-corrected chi connectivity index (χ4v) is 4.85. The van der Waals surface area contributed by atoms with Gasteiger partial charge in [-0.25, -0.2) is 4.39 Å². The van der Waals surface area contributed by atoms with Crippen molar-refractivity contribution in [1.29, 1.82) is 0 Å². The van der Waals surface area contributed by atoms with Crippen LogP contribution in [-0.4, -0.2) is 49.5 Å². The molecule has 6 heteroatoms. The van der Waals surface area contributed by atoms with Crippen LogP contribution in [0.1, 0.15) is 56.9 Å². The van der Waals surface area contributed by atoms with E-state index in [9.17, 15) is 9.18 Å². The normalized spacial score (nSPS) is 24.4. The Bertz CT molecular complexity index is 738. The Labute approximate surface area is 173 Å². The van der Waals surface area contributed by atoms with Gasteiger partial charge in [-0.15, -0.1) is 0 Å². The molecule has 29 heavy (non-hydrogen) atoms. The van der Waals surface area contributed by atoms with Crippen molar-refractivity contribution in [2.24, 2.45) is 10.9 Å². The van der Waals surface area contributed by atoms with Crippen LogP contribution in [0.5, 0.6) is 0 Å². The number of halogens is 1. The van der Waals surface area contributed by atoms with Gasteiger partial charge in [-0.05, 0) is 49.8 Å². The molecule has 1 saturated heterocycles. The Hall–Kier alpha value is -2.11. The molecule has 2 saturated carbocycles. The van der Waals surface area contributed by atoms with Gasteiger partial charge in [0.1, 0.15) is 5.82 Å². The number of nitrogens with zero attached hydrogens (tertiary/aromatic N) is 2. The maximum Gasteiger partial charge on any atom is 0.225 e. The molecule has 1 unspecified atom stereocenters. The Morgan fingerprint density at radius 2 is 1.90 bits per heavy atom. The van der Waals surface area contributed by atoms with Crippen LogP contribution in [0.4, 0.5) is 4.39 Å². The summed E-state index contributed by atoms with van der Waals surface area (Å²) < 4.78 is 13.2. The zero-order valence-corrected chi connectivity index (χ0v) is 17.4. The van der Waals surface area contributed by atoms with Crippen molar-refractivity contribution in [3.8, 4) is 0 Å². The van der Waals surface area contributed by atoms with Crippen molar-refractivity contribution in [2.45, 2.75) is 62.8 Å². The van der Waals surface area contributed by atoms with Crippen LogP contribution in [0, 0.1) is 11.7 Å². The number of carbonyl (C=O) groups excluding carboxylic acids is 1. The summed E-state index contributed by atoms with van der Waals surface area (Å²) in [5.41, 5.74) is 1.27. The zero-order valence-electron chi connectivity index (χ0n) is 17.4. The van der Waals surface area contributed by atoms with Crippen LogP contribution < -0.4 is 10.6 Å². The predicted molar refractivity (Wildman–Crippen MR) is 113 cm³/mol. The second-order valence-corrected chi connectivity index (χ2v) is 8.96. The molecule has 4 rings (SSSR count). The number of carbonyl (C=O) groups is 1. The molecule has 1 aliphatic heterocycles. The number of likely N-dealkylation sites (tertiary alicyclic amines) is 1. The minimum absolute atomic E-state index is 0.0873. The summed E-state index contributed by atoms with van der Waals surface area (Å²) in [6.07, 6.45) is 8.95. The van der Waals surface area contributed by atoms with Gasteiger partial charge in [-0.2, -0.15) is 0 Å². The fraction of sp³-hybridized carbons (Fsp3) is 0.652. The van der Waals surface area contributed by atoms with E-state index in [-0.39, 0.29) is 23.2 Å². The molecule has 0 spiro atoms. The first-order valence-electron chi connectivity index (χ1n) is 11.1. The molecule has 2 N–H and O–H groups in total. The Balaban J connectivity index is 1.26. The van der Waals surface area contributed by atoms with Gasteiger partial charge in [0.2, 0.25) is 5.91 Å². The van der Waals surface area contributed by atoms with Crippen molar-refractivity contribution < 1.29 is 9.18 Å². The Morgan fingerprint density at radius 3 is 2.55 bits per heavy atom. The number of hydrogen-bond donors (Lipinski definition) is 2. The van der Waals surface area contributed by atoms with Crippen molar-refractivity contribution in [3.63, 3.8) is 0 Å². The van der Waals surface area contributed by atoms with Gasteiger partial charge in [0.25, 0.3) is 0 Å². The summed E-state index contributed by atoms with van der Waals surface area (Å²) in [5, 5.41) is 6.96. The summed E-state index contributed by atoms with van der Waals surface area (Å²) in [6.45, 7) is 2.39. The number of hydrogen-bond acceptors (Lipinski definition) is 2. The van der Waals surface area contributed by atoms with Crippen LogP contribution in [0.2, 0.25) is 0 Å². The standard InChI is InChI=1S/C23H33FN4O/c1-25-22(26-16-23(12-13-23)18-7-9-19(24)10-8-18)27-20-11-14-28(15-20)21(29)17-5-3-2-4-6-17/h7-10,17,20H,2-6,11-16H2,1H3,(H2,25,26,27). The largest absolute Gasteiger partial charge is 0.356 e. The molecular weight excluding hydrogens is 367 g/mol. The van der Waals surface area contributed by atoms with E-state index in [1.807, 2.05) is 17.0 Å². The molecule has 158 valence electrons. The van der Waals surface area contributed by atoms with E-state index in [0.29, 0.717) is 5.91 Å². The van der Waals surface area contributed by atoms with Gasteiger partial charge in [-0.1, -0.05) is 31.4 Å². The highest BCUT2D eigenvalue weighted by Gasteiger charge is 2.44. The summed E-state index contributed by atoms with van der Waals surface area (Å²) in [6, 6.07) is 7.12. The second-order valence-electron chi connectivity index (χ2n) is 8.96. The third kappa shape index (κ3) is 4.73. The highest BCUT2D eigenvalue weighted by Crippen LogP contribution is 2.47. The number of aliphatic imine (C=N–C) groups is 1. The molecule has 5 nitrogen and oxygen atoms in total. The van der Waals surface area contributed by atoms with Crippen LogP contribution in [0.25, 0.3) is 0 Å². The summed E-state index contributed by atoms with van der Waals surface area (Å²) >= 11 is 0. The molecule has 0 aromatic heterocycles. The maximum atomic E-state index is 13.2. The molecule has 3 aliphatic rings. The van der Waals surface area contributed by atoms with Gasteiger partial charge in [0.05, 0.1) is 0 Å². The van der Waals surface area contributed by atoms with Gasteiger partial charge in [0.15, 0.2) is 5.96 Å². The minimum Gasteiger partial charge on any atom is -0.356 e. The minimum atomic E-state index is -0.191. The first-order chi connectivity index (χ1) is 14.1. The van der Waals surface area contributed by atoms with E-state index in [1.165, 1.54) is 24.8 Å². The van der Waals surface area contributed by atoms with Gasteiger partial charge in [0, 0.05) is 44.1 Å². The average Bonchev–Trinajstić information content (AvgIpc) is 3.41. The average molecular weight is 401 g/mol. The fourth-order valence-electron chi connectivity index (χ4n) is 4.85. The summed E-state index contributed by atoms with van der Waals surface area (Å²) in [4.78, 5) is 19.2. The molecule has 1 amide bonds. The number of nitrogens with one attached hydrogen (secondary N) is 2. The number of rotatable bonds is 5. The molecule has 0 bridgehead atoms. The Kier molecular flexibility index (Phi) is 6.07. The monoisotopic (exact) mass is 400 g/mol. The quantitative estimate of drug-likeness (QED) is 0.590. The lowest BCUT2D eigenvalue weighted by Gasteiger charge is -2.26. The molecule has 1 aromatic carbocycles. The van der Waals surface area contributed by atoms with Crippen LogP contribution in [-0.2, 0) is 10.2 Å². The van der Waals surface area contributed by atoms with E-state index in [2.05, 4.69) is 15.6 Å². The third-order valence-electron chi connectivity index (χ3n) is 6.92. The summed E-state index contributed by atoms with van der Waals surface area (Å²) in [5.74, 6) is 1.19. The van der Waals surface area contributed by atoms with Crippen molar-refractivity contribution in [3.05, 3.63) is 35.6 Å². The first-order valence-corrected chi connectivity index (χ1v) is 11.1. The number of amides is 1. The van der Waals surface area contributed by atoms with Gasteiger partial charge >= 0.3 is 0 Å². The van der Waals surface area contributed by atoms with Gasteiger partial charge in [-0.3, -0.25) is 9.79 Å². The molecular formula is C23H33FN4O. The van der Waals surface area contributed by atoms with Gasteiger partial charge < -0.3 is 15.5 Å². The maximum absolute atomic E-state index is 13.2. The molecule has 3 fully saturated rings. The second kappa shape index (κ2) is 8.72. The van der Waals surface area contributed by atoms with E-state index in [0.717, 1.165) is 57.7 Å². The predicted octanol–water partition coefficient (Wildman–Crippen LogP) is 3.20. The molecule has 1 aromatic rings. The number of guanidine groups is 1. The van der Waals surface area contributed by atoms with E-state index < -0.39 is 0 Å². The van der Waals surface area contributed by atoms with Crippen LogP contribution in [0.15, 0.2) is 29.3 Å². The first kappa shape index (κ1) is 20.2. The summed E-state index contributed by atoms with van der Waals surface area (Å²) in [7, 11) is 1.78. The smallest absolute Gasteiger partial charge is 0.225 e. The lowest BCUT2D eigenvalue weighted by molar-refractivity contribution is -0.135. The lowest BCUT2D eigenvalue weighted by atomic mass is 9.88. The zero-order chi connectivity index (χ0) is 20.3. The third-order valence-corrected chi connectivity index (χ3v) is 6.92. The molecule has 1 atom stereocenters. The highest BCUT2D eigenvalue weighted by atomic mass is 19.1. The van der Waals surface area contributed by atoms with Crippen molar-refractivity contribution >= 4 is 11.9 Å². The van der Waals surface area contributed by atoms with E-state index in [1.54, 1.807) is 19.2 Å². The molecule has 0 radical (unpaired) electrons. The van der Waals surface area contributed by atoms with Crippen molar-refractivity contribution in [2.75, 3.05) is 26.7 Å². The highest BCUT2D eigenvalue weighted by molar-refractivity contribution is 5.81. The topological polar surface area (TPSA) is 56.7 Å². The van der Waals surface area contributed by atoms with E-state index >= 15 is 0 Å². The van der Waals surface area contributed by atoms with Crippen LogP contribution >= 0.6 is 0 Å². The number of benzene rings is 1. The molecule has 2 aliphatic carbocycles. The van der Waals surface area contributed by atoms with Crippen LogP contribution in [0.3, 0.4) is 0 Å².